The Morgan fingerprint density at radius 1 is 1.54 bits per heavy atom. The Balaban J connectivity index is 2.52. The molecule has 1 heterocycles. The lowest BCUT2D eigenvalue weighted by molar-refractivity contribution is 0.112. The van der Waals surface area contributed by atoms with E-state index >= 15 is 0 Å². The van der Waals surface area contributed by atoms with E-state index in [9.17, 15) is 4.79 Å². The van der Waals surface area contributed by atoms with Crippen molar-refractivity contribution in [3.63, 3.8) is 0 Å². The summed E-state index contributed by atoms with van der Waals surface area (Å²) in [5.74, 6) is 0.658. The Kier molecular flexibility index (Phi) is 4.03. The number of unbranched alkanes of at least 4 members (excludes halogenated alkanes) is 2. The number of hydrogen-bond donors (Lipinski definition) is 0. The zero-order valence-electron chi connectivity index (χ0n) is 7.82. The van der Waals surface area contributed by atoms with Crippen molar-refractivity contribution in [3.05, 3.63) is 29.7 Å². The standard InChI is InChI=1S/C11H14O2/c1-2-3-4-5-6-11-10(9-12)7-8-13-11/h5-9H,2-4H2,1H3/b6-5-. The molecule has 0 unspecified atom stereocenters. The average Bonchev–Trinajstić information content (AvgIpc) is 2.60. The second-order valence-electron chi connectivity index (χ2n) is 2.90. The summed E-state index contributed by atoms with van der Waals surface area (Å²) >= 11 is 0. The van der Waals surface area contributed by atoms with Crippen molar-refractivity contribution < 1.29 is 9.21 Å². The fraction of sp³-hybridized carbons (Fsp3) is 0.364. The number of rotatable bonds is 5. The monoisotopic (exact) mass is 178 g/mol. The van der Waals surface area contributed by atoms with Crippen LogP contribution in [0.2, 0.25) is 0 Å². The molecule has 0 fully saturated rings. The van der Waals surface area contributed by atoms with E-state index in [2.05, 4.69) is 6.92 Å². The SMILES string of the molecule is CCCC/C=C\c1occc1C=O. The fourth-order valence-electron chi connectivity index (χ4n) is 1.08. The first-order valence-corrected chi connectivity index (χ1v) is 4.57. The summed E-state index contributed by atoms with van der Waals surface area (Å²) in [5.41, 5.74) is 0.618. The van der Waals surface area contributed by atoms with E-state index in [-0.39, 0.29) is 0 Å². The molecule has 0 saturated heterocycles. The molecule has 0 atom stereocenters. The van der Waals surface area contributed by atoms with Crippen molar-refractivity contribution in [2.75, 3.05) is 0 Å². The molecule has 0 N–H and O–H groups in total. The summed E-state index contributed by atoms with van der Waals surface area (Å²) in [6.07, 6.45) is 9.63. The van der Waals surface area contributed by atoms with Crippen LogP contribution in [0.3, 0.4) is 0 Å². The van der Waals surface area contributed by atoms with Gasteiger partial charge in [-0.2, -0.15) is 0 Å². The molecule has 0 aliphatic carbocycles. The third-order valence-electron chi connectivity index (χ3n) is 1.85. The summed E-state index contributed by atoms with van der Waals surface area (Å²) in [5, 5.41) is 0. The van der Waals surface area contributed by atoms with Gasteiger partial charge < -0.3 is 4.42 Å². The van der Waals surface area contributed by atoms with Crippen LogP contribution in [0, 0.1) is 0 Å². The minimum absolute atomic E-state index is 0.618. The highest BCUT2D eigenvalue weighted by atomic mass is 16.3. The van der Waals surface area contributed by atoms with Gasteiger partial charge >= 0.3 is 0 Å². The maximum Gasteiger partial charge on any atom is 0.153 e. The van der Waals surface area contributed by atoms with Crippen molar-refractivity contribution in [2.24, 2.45) is 0 Å². The van der Waals surface area contributed by atoms with Crippen molar-refractivity contribution in [1.29, 1.82) is 0 Å². The Hall–Kier alpha value is -1.31. The van der Waals surface area contributed by atoms with Gasteiger partial charge in [-0.1, -0.05) is 25.8 Å². The van der Waals surface area contributed by atoms with E-state index in [1.807, 2.05) is 12.2 Å². The van der Waals surface area contributed by atoms with Gasteiger partial charge in [0.15, 0.2) is 6.29 Å². The minimum Gasteiger partial charge on any atom is -0.464 e. The van der Waals surface area contributed by atoms with E-state index in [1.54, 1.807) is 6.07 Å². The van der Waals surface area contributed by atoms with Gasteiger partial charge in [-0.05, 0) is 18.6 Å². The predicted molar refractivity (Wildman–Crippen MR) is 52.7 cm³/mol. The van der Waals surface area contributed by atoms with Crippen LogP contribution in [0.5, 0.6) is 0 Å². The maximum atomic E-state index is 10.5. The molecule has 2 nitrogen and oxygen atoms in total. The molecule has 1 rings (SSSR count). The van der Waals surface area contributed by atoms with Gasteiger partial charge in [0.05, 0.1) is 11.8 Å². The molecular formula is C11H14O2. The molecule has 2 heteroatoms. The molecular weight excluding hydrogens is 164 g/mol. The highest BCUT2D eigenvalue weighted by Crippen LogP contribution is 2.10. The first-order valence-electron chi connectivity index (χ1n) is 4.57. The highest BCUT2D eigenvalue weighted by molar-refractivity contribution is 5.79. The zero-order valence-corrected chi connectivity index (χ0v) is 7.82. The Morgan fingerprint density at radius 3 is 3.08 bits per heavy atom. The van der Waals surface area contributed by atoms with Gasteiger partial charge in [0.2, 0.25) is 0 Å². The van der Waals surface area contributed by atoms with E-state index in [0.29, 0.717) is 11.3 Å². The number of carbonyl (C=O) groups is 1. The van der Waals surface area contributed by atoms with Crippen molar-refractivity contribution in [2.45, 2.75) is 26.2 Å². The van der Waals surface area contributed by atoms with E-state index in [0.717, 1.165) is 12.7 Å². The lowest BCUT2D eigenvalue weighted by Gasteiger charge is -1.89. The summed E-state index contributed by atoms with van der Waals surface area (Å²) in [6.45, 7) is 2.15. The van der Waals surface area contributed by atoms with Crippen LogP contribution in [0.4, 0.5) is 0 Å². The van der Waals surface area contributed by atoms with Crippen LogP contribution in [0.15, 0.2) is 22.8 Å². The van der Waals surface area contributed by atoms with E-state index < -0.39 is 0 Å². The van der Waals surface area contributed by atoms with Crippen molar-refractivity contribution in [1.82, 2.24) is 0 Å². The summed E-state index contributed by atoms with van der Waals surface area (Å²) < 4.78 is 5.12. The molecule has 1 aromatic heterocycles. The Morgan fingerprint density at radius 2 is 2.38 bits per heavy atom. The predicted octanol–water partition coefficient (Wildman–Crippen LogP) is 3.30. The quantitative estimate of drug-likeness (QED) is 0.511. The van der Waals surface area contributed by atoms with E-state index in [1.165, 1.54) is 19.1 Å². The van der Waals surface area contributed by atoms with Crippen LogP contribution in [-0.4, -0.2) is 6.29 Å². The van der Waals surface area contributed by atoms with Gasteiger partial charge in [-0.3, -0.25) is 4.79 Å². The molecule has 0 aliphatic heterocycles. The highest BCUT2D eigenvalue weighted by Gasteiger charge is 1.99. The molecule has 0 spiro atoms. The molecule has 13 heavy (non-hydrogen) atoms. The number of furan rings is 1. The molecule has 1 aromatic rings. The molecule has 0 bridgehead atoms. The van der Waals surface area contributed by atoms with Crippen LogP contribution >= 0.6 is 0 Å². The maximum absolute atomic E-state index is 10.5. The molecule has 0 aliphatic rings. The first-order chi connectivity index (χ1) is 6.38. The van der Waals surface area contributed by atoms with Crippen LogP contribution in [0.25, 0.3) is 6.08 Å². The van der Waals surface area contributed by atoms with Gasteiger partial charge in [-0.15, -0.1) is 0 Å². The molecule has 0 aromatic carbocycles. The topological polar surface area (TPSA) is 30.2 Å². The largest absolute Gasteiger partial charge is 0.464 e. The van der Waals surface area contributed by atoms with Crippen LogP contribution in [0.1, 0.15) is 42.3 Å². The lowest BCUT2D eigenvalue weighted by atomic mass is 10.2. The molecule has 0 saturated carbocycles. The minimum atomic E-state index is 0.618. The second kappa shape index (κ2) is 5.36. The fourth-order valence-corrected chi connectivity index (χ4v) is 1.08. The Labute approximate surface area is 78.3 Å². The summed E-state index contributed by atoms with van der Waals surface area (Å²) in [6, 6.07) is 1.67. The Bertz CT molecular complexity index is 284. The molecule has 70 valence electrons. The first kappa shape index (κ1) is 9.78. The molecule has 0 radical (unpaired) electrons. The van der Waals surface area contributed by atoms with E-state index in [4.69, 9.17) is 4.42 Å². The third kappa shape index (κ3) is 2.90. The molecule has 0 amide bonds. The third-order valence-corrected chi connectivity index (χ3v) is 1.85. The normalized spacial score (nSPS) is 10.8. The lowest BCUT2D eigenvalue weighted by Crippen LogP contribution is -1.77. The number of aldehydes is 1. The van der Waals surface area contributed by atoms with Gasteiger partial charge in [-0.25, -0.2) is 0 Å². The van der Waals surface area contributed by atoms with Crippen LogP contribution in [-0.2, 0) is 0 Å². The summed E-state index contributed by atoms with van der Waals surface area (Å²) in [4.78, 5) is 10.5. The van der Waals surface area contributed by atoms with Gasteiger partial charge in [0, 0.05) is 0 Å². The average molecular weight is 178 g/mol. The number of hydrogen-bond acceptors (Lipinski definition) is 2. The van der Waals surface area contributed by atoms with Gasteiger partial charge in [0.1, 0.15) is 5.76 Å². The smallest absolute Gasteiger partial charge is 0.153 e. The van der Waals surface area contributed by atoms with Crippen molar-refractivity contribution in [3.8, 4) is 0 Å². The number of allylic oxidation sites excluding steroid dienone is 1. The second-order valence-corrected chi connectivity index (χ2v) is 2.90. The summed E-state index contributed by atoms with van der Waals surface area (Å²) in [7, 11) is 0. The van der Waals surface area contributed by atoms with Crippen molar-refractivity contribution >= 4 is 12.4 Å². The zero-order chi connectivity index (χ0) is 9.52. The number of carbonyl (C=O) groups excluding carboxylic acids is 1. The van der Waals surface area contributed by atoms with Crippen LogP contribution < -0.4 is 0 Å². The van der Waals surface area contributed by atoms with Gasteiger partial charge in [0.25, 0.3) is 0 Å².